The number of ketones is 1. The summed E-state index contributed by atoms with van der Waals surface area (Å²) in [7, 11) is 0. The third-order valence-corrected chi connectivity index (χ3v) is 3.49. The van der Waals surface area contributed by atoms with Crippen LogP contribution in [0.3, 0.4) is 0 Å². The predicted octanol–water partition coefficient (Wildman–Crippen LogP) is 4.75. The molecule has 1 nitrogen and oxygen atoms in total. The summed E-state index contributed by atoms with van der Waals surface area (Å²) >= 11 is 0. The molecule has 0 N–H and O–H groups in total. The van der Waals surface area contributed by atoms with E-state index in [1.54, 1.807) is 6.92 Å². The Bertz CT molecular complexity index is 379. The molecule has 1 aromatic rings. The first-order valence-corrected chi connectivity index (χ1v) is 6.73. The van der Waals surface area contributed by atoms with E-state index in [2.05, 4.69) is 32.9 Å². The van der Waals surface area contributed by atoms with Crippen LogP contribution in [0.4, 0.5) is 0 Å². The van der Waals surface area contributed by atoms with E-state index < -0.39 is 0 Å². The minimum atomic E-state index is 0.165. The zero-order valence-electron chi connectivity index (χ0n) is 11.5. The lowest BCUT2D eigenvalue weighted by Gasteiger charge is -2.16. The fourth-order valence-electron chi connectivity index (χ4n) is 2.11. The Kier molecular flexibility index (Phi) is 5.40. The number of hydrogen-bond acceptors (Lipinski definition) is 1. The van der Waals surface area contributed by atoms with E-state index in [-0.39, 0.29) is 5.78 Å². The minimum absolute atomic E-state index is 0.165. The molecule has 1 unspecified atom stereocenters. The molecular weight excluding hydrogens is 208 g/mol. The van der Waals surface area contributed by atoms with Crippen molar-refractivity contribution in [2.45, 2.75) is 59.3 Å². The first-order chi connectivity index (χ1) is 8.10. The molecule has 0 aliphatic rings. The summed E-state index contributed by atoms with van der Waals surface area (Å²) in [6.07, 6.45) is 4.64. The average Bonchev–Trinajstić information content (AvgIpc) is 2.34. The molecule has 94 valence electrons. The first kappa shape index (κ1) is 14.0. The summed E-state index contributed by atoms with van der Waals surface area (Å²) in [5.74, 6) is 0.751. The fraction of sp³-hybridized carbons (Fsp3) is 0.562. The van der Waals surface area contributed by atoms with Gasteiger partial charge in [0.05, 0.1) is 0 Å². The van der Waals surface area contributed by atoms with Crippen LogP contribution in [-0.4, -0.2) is 5.78 Å². The van der Waals surface area contributed by atoms with Gasteiger partial charge in [0.25, 0.3) is 0 Å². The normalized spacial score (nSPS) is 12.5. The third kappa shape index (κ3) is 3.69. The number of carbonyl (C=O) groups is 1. The molecule has 0 aromatic heterocycles. The third-order valence-electron chi connectivity index (χ3n) is 3.49. The Labute approximate surface area is 105 Å². The van der Waals surface area contributed by atoms with Crippen molar-refractivity contribution in [3.05, 3.63) is 34.9 Å². The maximum atomic E-state index is 11.4. The highest BCUT2D eigenvalue weighted by atomic mass is 16.1. The van der Waals surface area contributed by atoms with Crippen molar-refractivity contribution >= 4 is 5.78 Å². The van der Waals surface area contributed by atoms with Gasteiger partial charge in [-0.3, -0.25) is 4.79 Å². The largest absolute Gasteiger partial charge is 0.295 e. The Morgan fingerprint density at radius 2 is 2.00 bits per heavy atom. The Morgan fingerprint density at radius 3 is 2.53 bits per heavy atom. The number of hydrogen-bond donors (Lipinski definition) is 0. The van der Waals surface area contributed by atoms with E-state index >= 15 is 0 Å². The van der Waals surface area contributed by atoms with Crippen LogP contribution in [0.2, 0.25) is 0 Å². The summed E-state index contributed by atoms with van der Waals surface area (Å²) in [4.78, 5) is 11.4. The van der Waals surface area contributed by atoms with Crippen molar-refractivity contribution in [1.29, 1.82) is 0 Å². The van der Waals surface area contributed by atoms with Crippen LogP contribution >= 0.6 is 0 Å². The van der Waals surface area contributed by atoms with Gasteiger partial charge in [-0.25, -0.2) is 0 Å². The van der Waals surface area contributed by atoms with Gasteiger partial charge < -0.3 is 0 Å². The molecule has 0 saturated heterocycles. The van der Waals surface area contributed by atoms with E-state index in [0.29, 0.717) is 5.92 Å². The lowest BCUT2D eigenvalue weighted by molar-refractivity contribution is 0.101. The molecule has 0 radical (unpaired) electrons. The molecule has 0 amide bonds. The quantitative estimate of drug-likeness (QED) is 0.647. The van der Waals surface area contributed by atoms with Crippen LogP contribution in [0.5, 0.6) is 0 Å². The number of carbonyl (C=O) groups excluding carboxylic acids is 1. The van der Waals surface area contributed by atoms with Crippen LogP contribution in [0.1, 0.15) is 74.4 Å². The second-order valence-corrected chi connectivity index (χ2v) is 4.88. The van der Waals surface area contributed by atoms with E-state index in [0.717, 1.165) is 18.4 Å². The highest BCUT2D eigenvalue weighted by Crippen LogP contribution is 2.25. The van der Waals surface area contributed by atoms with Crippen molar-refractivity contribution in [3.8, 4) is 0 Å². The number of rotatable bonds is 6. The Morgan fingerprint density at radius 1 is 1.29 bits per heavy atom. The molecule has 0 bridgehead atoms. The molecule has 1 aromatic carbocycles. The molecule has 0 spiro atoms. The first-order valence-electron chi connectivity index (χ1n) is 6.73. The second kappa shape index (κ2) is 6.58. The van der Waals surface area contributed by atoms with Crippen LogP contribution in [0.15, 0.2) is 18.2 Å². The van der Waals surface area contributed by atoms with Crippen molar-refractivity contribution in [1.82, 2.24) is 0 Å². The summed E-state index contributed by atoms with van der Waals surface area (Å²) in [6.45, 7) is 8.32. The fourth-order valence-corrected chi connectivity index (χ4v) is 2.11. The number of unbranched alkanes of at least 4 members (excludes halogenated alkanes) is 1. The topological polar surface area (TPSA) is 17.1 Å². The van der Waals surface area contributed by atoms with Gasteiger partial charge in [-0.1, -0.05) is 39.3 Å². The van der Waals surface area contributed by atoms with Gasteiger partial charge in [0, 0.05) is 5.56 Å². The smallest absolute Gasteiger partial charge is 0.159 e. The Balaban J connectivity index is 3.07. The molecule has 0 fully saturated rings. The van der Waals surface area contributed by atoms with Crippen LogP contribution in [0.25, 0.3) is 0 Å². The Hall–Kier alpha value is -1.11. The van der Waals surface area contributed by atoms with Gasteiger partial charge in [-0.2, -0.15) is 0 Å². The van der Waals surface area contributed by atoms with Gasteiger partial charge in [0.1, 0.15) is 0 Å². The van der Waals surface area contributed by atoms with Crippen LogP contribution in [0, 0.1) is 0 Å². The highest BCUT2D eigenvalue weighted by Gasteiger charge is 2.11. The van der Waals surface area contributed by atoms with E-state index in [9.17, 15) is 4.79 Å². The molecule has 1 rings (SSSR count). The lowest BCUT2D eigenvalue weighted by Crippen LogP contribution is -2.02. The van der Waals surface area contributed by atoms with Crippen molar-refractivity contribution in [2.24, 2.45) is 0 Å². The average molecular weight is 232 g/mol. The lowest BCUT2D eigenvalue weighted by atomic mass is 9.89. The van der Waals surface area contributed by atoms with Gasteiger partial charge in [0.15, 0.2) is 5.78 Å². The zero-order chi connectivity index (χ0) is 12.8. The van der Waals surface area contributed by atoms with Crippen molar-refractivity contribution < 1.29 is 4.79 Å². The zero-order valence-corrected chi connectivity index (χ0v) is 11.5. The standard InChI is InChI=1S/C16H24O/c1-5-7-8-15-11-14(13(4)17)9-10-16(15)12(3)6-2/h9-12H,5-8H2,1-4H3. The molecule has 17 heavy (non-hydrogen) atoms. The molecule has 1 heteroatoms. The minimum Gasteiger partial charge on any atom is -0.295 e. The molecule has 1 atom stereocenters. The highest BCUT2D eigenvalue weighted by molar-refractivity contribution is 5.94. The maximum absolute atomic E-state index is 11.4. The summed E-state index contributed by atoms with van der Waals surface area (Å²) in [6, 6.07) is 6.22. The second-order valence-electron chi connectivity index (χ2n) is 4.88. The molecule has 0 saturated carbocycles. The summed E-state index contributed by atoms with van der Waals surface area (Å²) in [5.41, 5.74) is 3.64. The van der Waals surface area contributed by atoms with Crippen molar-refractivity contribution in [3.63, 3.8) is 0 Å². The number of Topliss-reactive ketones (excluding diaryl/α,β-unsaturated/α-hetero) is 1. The van der Waals surface area contributed by atoms with E-state index in [1.165, 1.54) is 24.0 Å². The SMILES string of the molecule is CCCCc1cc(C(C)=O)ccc1C(C)CC. The van der Waals surface area contributed by atoms with Gasteiger partial charge in [0.2, 0.25) is 0 Å². The molecular formula is C16H24O. The van der Waals surface area contributed by atoms with Crippen molar-refractivity contribution in [2.75, 3.05) is 0 Å². The summed E-state index contributed by atoms with van der Waals surface area (Å²) in [5, 5.41) is 0. The van der Waals surface area contributed by atoms with E-state index in [1.807, 2.05) is 6.07 Å². The molecule has 0 aliphatic carbocycles. The maximum Gasteiger partial charge on any atom is 0.159 e. The monoisotopic (exact) mass is 232 g/mol. The van der Waals surface area contributed by atoms with Crippen LogP contribution in [-0.2, 0) is 6.42 Å². The van der Waals surface area contributed by atoms with E-state index in [4.69, 9.17) is 0 Å². The number of aryl methyl sites for hydroxylation is 1. The summed E-state index contributed by atoms with van der Waals surface area (Å²) < 4.78 is 0. The molecule has 0 heterocycles. The predicted molar refractivity (Wildman–Crippen MR) is 73.8 cm³/mol. The number of benzene rings is 1. The van der Waals surface area contributed by atoms with Gasteiger partial charge in [-0.05, 0) is 49.3 Å². The molecule has 0 aliphatic heterocycles. The van der Waals surface area contributed by atoms with Gasteiger partial charge >= 0.3 is 0 Å². The van der Waals surface area contributed by atoms with Crippen LogP contribution < -0.4 is 0 Å². The van der Waals surface area contributed by atoms with Gasteiger partial charge in [-0.15, -0.1) is 0 Å².